The van der Waals surface area contributed by atoms with Crippen LogP contribution in [0.25, 0.3) is 10.9 Å². The number of H-pyrrole nitrogens is 1. The lowest BCUT2D eigenvalue weighted by Crippen LogP contribution is -2.30. The normalized spacial score (nSPS) is 17.3. The van der Waals surface area contributed by atoms with Gasteiger partial charge in [0, 0.05) is 49.2 Å². The van der Waals surface area contributed by atoms with Gasteiger partial charge in [0.15, 0.2) is 0 Å². The van der Waals surface area contributed by atoms with Crippen LogP contribution in [0.5, 0.6) is 0 Å². The summed E-state index contributed by atoms with van der Waals surface area (Å²) in [6.45, 7) is 4.07. The standard InChI is InChI=1S/C20H24N4O2/c1-14-10-22-19(13-26-2)24(14)16-7-8-23(12-16)20(25)9-15-11-21-18-6-4-3-5-17(15)18/h3-6,10-11,16,21H,7-9,12-13H2,1-2H3. The Morgan fingerprint density at radius 1 is 1.38 bits per heavy atom. The highest BCUT2D eigenvalue weighted by atomic mass is 16.5. The minimum absolute atomic E-state index is 0.184. The molecule has 6 nitrogen and oxygen atoms in total. The number of benzene rings is 1. The van der Waals surface area contributed by atoms with E-state index in [0.717, 1.165) is 47.5 Å². The number of amides is 1. The molecule has 0 bridgehead atoms. The molecule has 0 saturated carbocycles. The van der Waals surface area contributed by atoms with E-state index in [1.807, 2.05) is 35.5 Å². The minimum Gasteiger partial charge on any atom is -0.377 e. The van der Waals surface area contributed by atoms with Crippen LogP contribution in [0.3, 0.4) is 0 Å². The number of methoxy groups -OCH3 is 1. The Hall–Kier alpha value is -2.60. The highest BCUT2D eigenvalue weighted by Gasteiger charge is 2.29. The van der Waals surface area contributed by atoms with Crippen LogP contribution in [0.15, 0.2) is 36.7 Å². The van der Waals surface area contributed by atoms with Gasteiger partial charge in [-0.05, 0) is 25.0 Å². The third-order valence-electron chi connectivity index (χ3n) is 5.23. The van der Waals surface area contributed by atoms with E-state index in [0.29, 0.717) is 13.0 Å². The molecule has 1 N–H and O–H groups in total. The lowest BCUT2D eigenvalue weighted by molar-refractivity contribution is -0.129. The van der Waals surface area contributed by atoms with Gasteiger partial charge in [-0.1, -0.05) is 18.2 Å². The topological polar surface area (TPSA) is 63.1 Å². The zero-order valence-corrected chi connectivity index (χ0v) is 15.2. The molecule has 0 spiro atoms. The summed E-state index contributed by atoms with van der Waals surface area (Å²) in [7, 11) is 1.68. The van der Waals surface area contributed by atoms with Crippen molar-refractivity contribution in [3.05, 3.63) is 53.7 Å². The molecule has 1 atom stereocenters. The summed E-state index contributed by atoms with van der Waals surface area (Å²) in [5.74, 6) is 1.12. The van der Waals surface area contributed by atoms with Gasteiger partial charge < -0.3 is 19.2 Å². The molecule has 6 heteroatoms. The molecule has 26 heavy (non-hydrogen) atoms. The van der Waals surface area contributed by atoms with E-state index in [-0.39, 0.29) is 11.9 Å². The number of nitrogens with zero attached hydrogens (tertiary/aromatic N) is 3. The molecule has 3 heterocycles. The van der Waals surface area contributed by atoms with Crippen molar-refractivity contribution in [2.45, 2.75) is 32.4 Å². The van der Waals surface area contributed by atoms with Crippen LogP contribution in [0.1, 0.15) is 29.5 Å². The van der Waals surface area contributed by atoms with Crippen LogP contribution >= 0.6 is 0 Å². The van der Waals surface area contributed by atoms with E-state index in [9.17, 15) is 4.79 Å². The predicted octanol–water partition coefficient (Wildman–Crippen LogP) is 2.84. The zero-order chi connectivity index (χ0) is 18.1. The quantitative estimate of drug-likeness (QED) is 0.768. The third kappa shape index (κ3) is 3.01. The molecule has 1 fully saturated rings. The molecule has 1 aliphatic rings. The maximum absolute atomic E-state index is 12.8. The number of aromatic amines is 1. The van der Waals surface area contributed by atoms with E-state index in [4.69, 9.17) is 4.74 Å². The lowest BCUT2D eigenvalue weighted by Gasteiger charge is -2.19. The average Bonchev–Trinajstić information content (AvgIpc) is 3.35. The second-order valence-electron chi connectivity index (χ2n) is 6.94. The molecule has 3 aromatic rings. The highest BCUT2D eigenvalue weighted by Crippen LogP contribution is 2.26. The van der Waals surface area contributed by atoms with E-state index >= 15 is 0 Å². The number of hydrogen-bond acceptors (Lipinski definition) is 3. The van der Waals surface area contributed by atoms with Crippen LogP contribution in [0.2, 0.25) is 0 Å². The third-order valence-corrected chi connectivity index (χ3v) is 5.23. The van der Waals surface area contributed by atoms with Gasteiger partial charge in [0.25, 0.3) is 0 Å². The number of para-hydroxylation sites is 1. The molecule has 1 saturated heterocycles. The van der Waals surface area contributed by atoms with Crippen LogP contribution in [0.4, 0.5) is 0 Å². The lowest BCUT2D eigenvalue weighted by atomic mass is 10.1. The number of fused-ring (bicyclic) bond motifs is 1. The summed E-state index contributed by atoms with van der Waals surface area (Å²) in [6.07, 6.45) is 5.22. The second-order valence-corrected chi connectivity index (χ2v) is 6.94. The Morgan fingerprint density at radius 3 is 3.08 bits per heavy atom. The highest BCUT2D eigenvalue weighted by molar-refractivity contribution is 5.89. The maximum atomic E-state index is 12.8. The number of likely N-dealkylation sites (tertiary alicyclic amines) is 1. The van der Waals surface area contributed by atoms with E-state index in [1.165, 1.54) is 0 Å². The van der Waals surface area contributed by atoms with Gasteiger partial charge in [0.2, 0.25) is 5.91 Å². The van der Waals surface area contributed by atoms with Crippen molar-refractivity contribution in [2.24, 2.45) is 0 Å². The van der Waals surface area contributed by atoms with Crippen LogP contribution in [-0.2, 0) is 22.6 Å². The molecule has 0 radical (unpaired) electrons. The van der Waals surface area contributed by atoms with Crippen molar-refractivity contribution in [1.29, 1.82) is 0 Å². The van der Waals surface area contributed by atoms with E-state index < -0.39 is 0 Å². The SMILES string of the molecule is COCc1ncc(C)n1C1CCN(C(=O)Cc2c[nH]c3ccccc23)C1. The van der Waals surface area contributed by atoms with Gasteiger partial charge in [-0.25, -0.2) is 4.98 Å². The average molecular weight is 352 g/mol. The number of carbonyl (C=O) groups excluding carboxylic acids is 1. The molecular formula is C20H24N4O2. The largest absolute Gasteiger partial charge is 0.377 e. The van der Waals surface area contributed by atoms with E-state index in [2.05, 4.69) is 27.5 Å². The number of nitrogens with one attached hydrogen (secondary N) is 1. The molecule has 1 amide bonds. The Bertz CT molecular complexity index is 927. The van der Waals surface area contributed by atoms with Crippen molar-refractivity contribution in [3.63, 3.8) is 0 Å². The first-order chi connectivity index (χ1) is 12.7. The molecule has 1 unspecified atom stereocenters. The summed E-state index contributed by atoms with van der Waals surface area (Å²) in [6, 6.07) is 8.38. The monoisotopic (exact) mass is 352 g/mol. The summed E-state index contributed by atoms with van der Waals surface area (Å²) in [5, 5.41) is 1.13. The van der Waals surface area contributed by atoms with Gasteiger partial charge in [0.05, 0.1) is 12.5 Å². The molecule has 1 aromatic carbocycles. The molecule has 1 aliphatic heterocycles. The fraction of sp³-hybridized carbons (Fsp3) is 0.400. The fourth-order valence-electron chi connectivity index (χ4n) is 3.96. The number of aryl methyl sites for hydroxylation is 1. The van der Waals surface area contributed by atoms with Gasteiger partial charge >= 0.3 is 0 Å². The second kappa shape index (κ2) is 6.96. The summed E-state index contributed by atoms with van der Waals surface area (Å²) in [5.41, 5.74) is 3.26. The Morgan fingerprint density at radius 2 is 2.23 bits per heavy atom. The number of carbonyl (C=O) groups is 1. The summed E-state index contributed by atoms with van der Waals surface area (Å²) in [4.78, 5) is 22.5. The Balaban J connectivity index is 1.47. The smallest absolute Gasteiger partial charge is 0.227 e. The van der Waals surface area contributed by atoms with Crippen LogP contribution in [-0.4, -0.2) is 45.5 Å². The van der Waals surface area contributed by atoms with Crippen molar-refractivity contribution in [3.8, 4) is 0 Å². The van der Waals surface area contributed by atoms with Gasteiger partial charge in [-0.2, -0.15) is 0 Å². The zero-order valence-electron chi connectivity index (χ0n) is 15.2. The van der Waals surface area contributed by atoms with Gasteiger partial charge in [-0.15, -0.1) is 0 Å². The minimum atomic E-state index is 0.184. The van der Waals surface area contributed by atoms with E-state index in [1.54, 1.807) is 7.11 Å². The molecule has 0 aliphatic carbocycles. The summed E-state index contributed by atoms with van der Waals surface area (Å²) < 4.78 is 7.48. The van der Waals surface area contributed by atoms with Crippen LogP contribution in [0, 0.1) is 6.92 Å². The summed E-state index contributed by atoms with van der Waals surface area (Å²) >= 11 is 0. The number of rotatable bonds is 5. The number of aromatic nitrogens is 3. The van der Waals surface area contributed by atoms with Gasteiger partial charge in [0.1, 0.15) is 12.4 Å². The van der Waals surface area contributed by atoms with Gasteiger partial charge in [-0.3, -0.25) is 4.79 Å². The van der Waals surface area contributed by atoms with Crippen molar-refractivity contribution < 1.29 is 9.53 Å². The fourth-order valence-corrected chi connectivity index (χ4v) is 3.96. The van der Waals surface area contributed by atoms with Crippen molar-refractivity contribution >= 4 is 16.8 Å². The first kappa shape index (κ1) is 16.8. The van der Waals surface area contributed by atoms with Crippen LogP contribution < -0.4 is 0 Å². The first-order valence-electron chi connectivity index (χ1n) is 9.01. The number of ether oxygens (including phenoxy) is 1. The molecular weight excluding hydrogens is 328 g/mol. The first-order valence-corrected chi connectivity index (χ1v) is 9.01. The predicted molar refractivity (Wildman–Crippen MR) is 99.9 cm³/mol. The number of imidazole rings is 1. The molecule has 4 rings (SSSR count). The van der Waals surface area contributed by atoms with Crippen molar-refractivity contribution in [1.82, 2.24) is 19.4 Å². The maximum Gasteiger partial charge on any atom is 0.227 e. The molecule has 2 aromatic heterocycles. The Kier molecular flexibility index (Phi) is 4.51. The number of hydrogen-bond donors (Lipinski definition) is 1. The molecule has 136 valence electrons. The Labute approximate surface area is 152 Å². The van der Waals surface area contributed by atoms with Crippen molar-refractivity contribution in [2.75, 3.05) is 20.2 Å².